The summed E-state index contributed by atoms with van der Waals surface area (Å²) in [5.74, 6) is 0.967. The molecule has 0 radical (unpaired) electrons. The van der Waals surface area contributed by atoms with Crippen LogP contribution in [-0.2, 0) is 4.74 Å². The van der Waals surface area contributed by atoms with E-state index in [4.69, 9.17) is 10.5 Å². The molecule has 2 N–H and O–H groups in total. The Bertz CT molecular complexity index is 312. The van der Waals surface area contributed by atoms with Gasteiger partial charge < -0.3 is 10.5 Å². The summed E-state index contributed by atoms with van der Waals surface area (Å²) >= 11 is 0. The summed E-state index contributed by atoms with van der Waals surface area (Å²) in [4.78, 5) is 8.41. The number of aromatic nitrogens is 2. The lowest BCUT2D eigenvalue weighted by Gasteiger charge is -2.27. The van der Waals surface area contributed by atoms with Gasteiger partial charge in [0.15, 0.2) is 0 Å². The third-order valence-corrected chi connectivity index (χ3v) is 3.07. The second-order valence-corrected chi connectivity index (χ2v) is 4.09. The molecule has 82 valence electrons. The summed E-state index contributed by atoms with van der Waals surface area (Å²) in [6.07, 6.45) is 8.39. The third kappa shape index (κ3) is 2.45. The van der Waals surface area contributed by atoms with Crippen LogP contribution in [-0.4, -0.2) is 23.2 Å². The first-order valence-corrected chi connectivity index (χ1v) is 5.40. The van der Waals surface area contributed by atoms with E-state index in [-0.39, 0.29) is 0 Å². The van der Waals surface area contributed by atoms with Crippen molar-refractivity contribution in [1.82, 2.24) is 9.97 Å². The van der Waals surface area contributed by atoms with Crippen molar-refractivity contribution in [2.75, 3.05) is 12.8 Å². The van der Waals surface area contributed by atoms with Gasteiger partial charge in [0, 0.05) is 13.0 Å². The summed E-state index contributed by atoms with van der Waals surface area (Å²) in [7, 11) is 1.78. The Morgan fingerprint density at radius 3 is 2.87 bits per heavy atom. The minimum Gasteiger partial charge on any atom is -0.382 e. The van der Waals surface area contributed by atoms with Gasteiger partial charge in [-0.2, -0.15) is 0 Å². The van der Waals surface area contributed by atoms with Crippen LogP contribution in [0.5, 0.6) is 0 Å². The van der Waals surface area contributed by atoms with Gasteiger partial charge in [0.2, 0.25) is 0 Å². The molecule has 0 aromatic carbocycles. The van der Waals surface area contributed by atoms with E-state index >= 15 is 0 Å². The van der Waals surface area contributed by atoms with Crippen molar-refractivity contribution < 1.29 is 4.74 Å². The second-order valence-electron chi connectivity index (χ2n) is 4.09. The molecule has 0 amide bonds. The highest BCUT2D eigenvalue weighted by Crippen LogP contribution is 2.32. The Morgan fingerprint density at radius 2 is 2.20 bits per heavy atom. The Kier molecular flexibility index (Phi) is 3.16. The first-order chi connectivity index (χ1) is 7.29. The molecular formula is C11H17N3O. The van der Waals surface area contributed by atoms with E-state index in [1.165, 1.54) is 12.8 Å². The first-order valence-electron chi connectivity index (χ1n) is 5.40. The maximum atomic E-state index is 5.51. The molecule has 1 saturated carbocycles. The van der Waals surface area contributed by atoms with Crippen LogP contribution in [0.1, 0.15) is 37.3 Å². The van der Waals surface area contributed by atoms with Crippen LogP contribution < -0.4 is 5.73 Å². The molecular weight excluding hydrogens is 190 g/mol. The van der Waals surface area contributed by atoms with Crippen LogP contribution in [0.4, 0.5) is 5.82 Å². The van der Waals surface area contributed by atoms with E-state index in [2.05, 4.69) is 9.97 Å². The molecule has 1 heterocycles. The summed E-state index contributed by atoms with van der Waals surface area (Å²) < 4.78 is 5.39. The molecule has 0 unspecified atom stereocenters. The zero-order valence-electron chi connectivity index (χ0n) is 9.02. The highest BCUT2D eigenvalue weighted by atomic mass is 16.5. The van der Waals surface area contributed by atoms with Gasteiger partial charge >= 0.3 is 0 Å². The molecule has 1 fully saturated rings. The van der Waals surface area contributed by atoms with Gasteiger partial charge in [0.05, 0.1) is 24.2 Å². The molecule has 4 nitrogen and oxygen atoms in total. The number of nitrogens with two attached hydrogens (primary N) is 1. The monoisotopic (exact) mass is 207 g/mol. The molecule has 1 aliphatic rings. The molecule has 1 aromatic heterocycles. The highest BCUT2D eigenvalue weighted by molar-refractivity contribution is 5.24. The number of hydrogen-bond acceptors (Lipinski definition) is 4. The van der Waals surface area contributed by atoms with Gasteiger partial charge in [-0.15, -0.1) is 0 Å². The Hall–Kier alpha value is -1.16. The molecule has 2 atom stereocenters. The van der Waals surface area contributed by atoms with E-state index in [0.29, 0.717) is 17.8 Å². The SMILES string of the molecule is CO[C@H]1CCC[C@@H](c2cnc(N)cn2)C1. The number of hydrogen-bond donors (Lipinski definition) is 1. The quantitative estimate of drug-likeness (QED) is 0.802. The van der Waals surface area contributed by atoms with Crippen molar-refractivity contribution in [3.8, 4) is 0 Å². The minimum absolute atomic E-state index is 0.378. The molecule has 0 aliphatic heterocycles. The topological polar surface area (TPSA) is 61.0 Å². The van der Waals surface area contributed by atoms with Crippen LogP contribution in [0.3, 0.4) is 0 Å². The Morgan fingerprint density at radius 1 is 1.33 bits per heavy atom. The van der Waals surface area contributed by atoms with Gasteiger partial charge in [0.25, 0.3) is 0 Å². The molecule has 2 rings (SSSR count). The van der Waals surface area contributed by atoms with Gasteiger partial charge in [-0.05, 0) is 19.3 Å². The van der Waals surface area contributed by atoms with Crippen LogP contribution in [0.25, 0.3) is 0 Å². The van der Waals surface area contributed by atoms with Crippen molar-refractivity contribution >= 4 is 5.82 Å². The van der Waals surface area contributed by atoms with Crippen LogP contribution in [0.15, 0.2) is 12.4 Å². The van der Waals surface area contributed by atoms with Crippen molar-refractivity contribution in [3.05, 3.63) is 18.1 Å². The zero-order valence-corrected chi connectivity index (χ0v) is 9.02. The number of anilines is 1. The Balaban J connectivity index is 2.06. The van der Waals surface area contributed by atoms with Gasteiger partial charge in [-0.3, -0.25) is 4.98 Å². The van der Waals surface area contributed by atoms with Gasteiger partial charge in [0.1, 0.15) is 5.82 Å². The summed E-state index contributed by atoms with van der Waals surface area (Å²) in [5.41, 5.74) is 6.56. The molecule has 0 saturated heterocycles. The van der Waals surface area contributed by atoms with Crippen molar-refractivity contribution in [2.45, 2.75) is 37.7 Å². The van der Waals surface area contributed by atoms with Crippen molar-refractivity contribution in [3.63, 3.8) is 0 Å². The van der Waals surface area contributed by atoms with E-state index in [1.54, 1.807) is 19.5 Å². The van der Waals surface area contributed by atoms with Crippen molar-refractivity contribution in [2.24, 2.45) is 0 Å². The highest BCUT2D eigenvalue weighted by Gasteiger charge is 2.23. The number of rotatable bonds is 2. The third-order valence-electron chi connectivity index (χ3n) is 3.07. The number of nitrogens with zero attached hydrogens (tertiary/aromatic N) is 2. The maximum Gasteiger partial charge on any atom is 0.141 e. The van der Waals surface area contributed by atoms with Crippen LogP contribution in [0, 0.1) is 0 Å². The fraction of sp³-hybridized carbons (Fsp3) is 0.636. The van der Waals surface area contributed by atoms with Gasteiger partial charge in [-0.1, -0.05) is 6.42 Å². The lowest BCUT2D eigenvalue weighted by Crippen LogP contribution is -2.21. The van der Waals surface area contributed by atoms with Gasteiger partial charge in [-0.25, -0.2) is 4.98 Å². The smallest absolute Gasteiger partial charge is 0.141 e. The summed E-state index contributed by atoms with van der Waals surface area (Å²) in [5, 5.41) is 0. The minimum atomic E-state index is 0.378. The van der Waals surface area contributed by atoms with E-state index in [0.717, 1.165) is 18.5 Å². The first kappa shape index (κ1) is 10.4. The maximum absolute atomic E-state index is 5.51. The lowest BCUT2D eigenvalue weighted by molar-refractivity contribution is 0.0629. The number of methoxy groups -OCH3 is 1. The average molecular weight is 207 g/mol. The standard InChI is InChI=1S/C11H17N3O/c1-15-9-4-2-3-8(5-9)10-6-14-11(12)7-13-10/h6-9H,2-5H2,1H3,(H2,12,14)/t8-,9+/m1/s1. The predicted molar refractivity (Wildman–Crippen MR) is 58.5 cm³/mol. The van der Waals surface area contributed by atoms with E-state index < -0.39 is 0 Å². The molecule has 1 aliphatic carbocycles. The normalized spacial score (nSPS) is 26.5. The zero-order chi connectivity index (χ0) is 10.7. The summed E-state index contributed by atoms with van der Waals surface area (Å²) in [6, 6.07) is 0. The van der Waals surface area contributed by atoms with Crippen LogP contribution >= 0.6 is 0 Å². The summed E-state index contributed by atoms with van der Waals surface area (Å²) in [6.45, 7) is 0. The molecule has 15 heavy (non-hydrogen) atoms. The fourth-order valence-corrected chi connectivity index (χ4v) is 2.19. The van der Waals surface area contributed by atoms with Crippen LogP contribution in [0.2, 0.25) is 0 Å². The van der Waals surface area contributed by atoms with E-state index in [9.17, 15) is 0 Å². The molecule has 4 heteroatoms. The lowest BCUT2D eigenvalue weighted by atomic mass is 9.85. The average Bonchev–Trinajstić information content (AvgIpc) is 2.30. The predicted octanol–water partition coefficient (Wildman–Crippen LogP) is 1.73. The van der Waals surface area contributed by atoms with Crippen molar-refractivity contribution in [1.29, 1.82) is 0 Å². The number of nitrogen functional groups attached to an aromatic ring is 1. The molecule has 0 bridgehead atoms. The largest absolute Gasteiger partial charge is 0.382 e. The second kappa shape index (κ2) is 4.57. The molecule has 1 aromatic rings. The fourth-order valence-electron chi connectivity index (χ4n) is 2.19. The molecule has 0 spiro atoms. The van der Waals surface area contributed by atoms with E-state index in [1.807, 2.05) is 0 Å². The Labute approximate surface area is 89.9 Å². The number of ether oxygens (including phenoxy) is 1.